The number of aliphatic carboxylic acids is 1. The quantitative estimate of drug-likeness (QED) is 0.0403. The van der Waals surface area contributed by atoms with Crippen LogP contribution in [0.3, 0.4) is 0 Å². The minimum absolute atomic E-state index is 0.00617. The molecule has 0 saturated heterocycles. The maximum Gasteiger partial charge on any atom is 0.306 e. The Bertz CT molecular complexity index is 768. The van der Waals surface area contributed by atoms with Crippen molar-refractivity contribution in [3.63, 3.8) is 0 Å². The lowest BCUT2D eigenvalue weighted by Gasteiger charge is -2.18. The van der Waals surface area contributed by atoms with Gasteiger partial charge in [0, 0.05) is 12.8 Å². The molecule has 0 bridgehead atoms. The highest BCUT2D eigenvalue weighted by Gasteiger charge is 2.14. The van der Waals surface area contributed by atoms with E-state index in [0.29, 0.717) is 6.42 Å². The first-order chi connectivity index (χ1) is 23.6. The van der Waals surface area contributed by atoms with E-state index in [0.717, 1.165) is 89.9 Å². The van der Waals surface area contributed by atoms with E-state index in [1.54, 1.807) is 0 Å². The Morgan fingerprint density at radius 2 is 0.875 bits per heavy atom. The van der Waals surface area contributed by atoms with Crippen molar-refractivity contribution in [3.8, 4) is 0 Å². The van der Waals surface area contributed by atoms with Gasteiger partial charge in [0.2, 0.25) is 0 Å². The van der Waals surface area contributed by atoms with Crippen LogP contribution in [0, 0.1) is 0 Å². The molecule has 0 aromatic carbocycles. The normalized spacial score (nSPS) is 12.5. The van der Waals surface area contributed by atoms with Crippen molar-refractivity contribution in [1.82, 2.24) is 0 Å². The van der Waals surface area contributed by atoms with Crippen LogP contribution in [0.2, 0.25) is 0 Å². The summed E-state index contributed by atoms with van der Waals surface area (Å²) in [6, 6.07) is 0. The summed E-state index contributed by atoms with van der Waals surface area (Å²) in [7, 11) is 0. The average molecular weight is 673 g/mol. The van der Waals surface area contributed by atoms with Gasteiger partial charge in [0.25, 0.3) is 0 Å². The predicted molar refractivity (Wildman–Crippen MR) is 209 cm³/mol. The molecule has 0 aliphatic heterocycles. The lowest BCUT2D eigenvalue weighted by Crippen LogP contribution is -2.18. The van der Waals surface area contributed by atoms with Crippen LogP contribution in [0.5, 0.6) is 0 Å². The van der Waals surface area contributed by atoms with Gasteiger partial charge in [-0.2, -0.15) is 0 Å². The van der Waals surface area contributed by atoms with Crippen LogP contribution < -0.4 is 0 Å². The topological polar surface area (TPSA) is 63.6 Å². The molecule has 0 spiro atoms. The Morgan fingerprint density at radius 1 is 0.479 bits per heavy atom. The van der Waals surface area contributed by atoms with Crippen molar-refractivity contribution < 1.29 is 19.4 Å². The minimum atomic E-state index is -0.692. The van der Waals surface area contributed by atoms with Crippen molar-refractivity contribution in [1.29, 1.82) is 0 Å². The van der Waals surface area contributed by atoms with Crippen LogP contribution in [-0.2, 0) is 14.3 Å². The number of carboxylic acid groups (broad SMARTS) is 1. The molecule has 4 nitrogen and oxygen atoms in total. The number of carbonyl (C=O) groups excluding carboxylic acids is 1. The molecule has 0 aliphatic rings. The molecule has 0 aromatic heterocycles. The van der Waals surface area contributed by atoms with Crippen LogP contribution >= 0.6 is 0 Å². The highest BCUT2D eigenvalue weighted by molar-refractivity contribution is 5.69. The third kappa shape index (κ3) is 38.6. The number of unbranched alkanes of at least 4 members (excludes halogenated alkanes) is 23. The standard InChI is InChI=1S/C44H80O4/c1-3-5-7-9-11-13-15-17-18-19-20-21-23-25-27-33-37-41-44(47)48-42(39-35-31-28-29-32-36-40-43(45)46)38-34-30-26-24-22-16-14-12-10-8-6-4-2/h5,7,11,13,17-18,42H,3-4,6,8-10,12,14-16,19-41H2,1-2H3,(H,45,46)/b7-5-,13-11-,18-17-. The summed E-state index contributed by atoms with van der Waals surface area (Å²) >= 11 is 0. The van der Waals surface area contributed by atoms with Crippen molar-refractivity contribution >= 4 is 11.9 Å². The molecule has 0 aliphatic carbocycles. The fourth-order valence-corrected chi connectivity index (χ4v) is 6.32. The maximum absolute atomic E-state index is 12.7. The monoisotopic (exact) mass is 673 g/mol. The maximum atomic E-state index is 12.7. The van der Waals surface area contributed by atoms with Gasteiger partial charge in [0.05, 0.1) is 0 Å². The van der Waals surface area contributed by atoms with E-state index in [2.05, 4.69) is 50.3 Å². The van der Waals surface area contributed by atoms with Crippen molar-refractivity contribution in [2.24, 2.45) is 0 Å². The molecule has 0 fully saturated rings. The number of esters is 1. The van der Waals surface area contributed by atoms with Gasteiger partial charge in [-0.1, -0.05) is 179 Å². The van der Waals surface area contributed by atoms with Gasteiger partial charge in [0.15, 0.2) is 0 Å². The zero-order valence-electron chi connectivity index (χ0n) is 32.0. The van der Waals surface area contributed by atoms with Gasteiger partial charge in [-0.05, 0) is 70.6 Å². The molecule has 4 heteroatoms. The molecule has 0 radical (unpaired) electrons. The van der Waals surface area contributed by atoms with Crippen molar-refractivity contribution in [2.75, 3.05) is 0 Å². The fourth-order valence-electron chi connectivity index (χ4n) is 6.32. The number of hydrogen-bond acceptors (Lipinski definition) is 3. The Hall–Kier alpha value is -1.84. The van der Waals surface area contributed by atoms with E-state index in [-0.39, 0.29) is 18.5 Å². The van der Waals surface area contributed by atoms with E-state index >= 15 is 0 Å². The lowest BCUT2D eigenvalue weighted by molar-refractivity contribution is -0.150. The number of carbonyl (C=O) groups is 2. The molecule has 0 amide bonds. The number of carboxylic acids is 1. The zero-order valence-corrected chi connectivity index (χ0v) is 32.0. The van der Waals surface area contributed by atoms with Gasteiger partial charge >= 0.3 is 11.9 Å². The van der Waals surface area contributed by atoms with E-state index in [4.69, 9.17) is 9.84 Å². The highest BCUT2D eigenvalue weighted by Crippen LogP contribution is 2.19. The first kappa shape index (κ1) is 46.2. The average Bonchev–Trinajstić information content (AvgIpc) is 3.07. The third-order valence-corrected chi connectivity index (χ3v) is 9.38. The smallest absolute Gasteiger partial charge is 0.306 e. The summed E-state index contributed by atoms with van der Waals surface area (Å²) in [6.45, 7) is 4.45. The fraction of sp³-hybridized carbons (Fsp3) is 0.818. The highest BCUT2D eigenvalue weighted by atomic mass is 16.5. The number of allylic oxidation sites excluding steroid dienone is 6. The molecule has 1 unspecified atom stereocenters. The van der Waals surface area contributed by atoms with Gasteiger partial charge in [-0.15, -0.1) is 0 Å². The Morgan fingerprint density at radius 3 is 1.35 bits per heavy atom. The molecule has 0 heterocycles. The van der Waals surface area contributed by atoms with Crippen LogP contribution in [0.15, 0.2) is 36.5 Å². The second-order valence-corrected chi connectivity index (χ2v) is 14.2. The summed E-state index contributed by atoms with van der Waals surface area (Å²) in [6.07, 6.45) is 51.7. The third-order valence-electron chi connectivity index (χ3n) is 9.38. The molecule has 0 aromatic rings. The number of rotatable bonds is 38. The summed E-state index contributed by atoms with van der Waals surface area (Å²) < 4.78 is 6.03. The Balaban J connectivity index is 4.05. The van der Waals surface area contributed by atoms with Gasteiger partial charge < -0.3 is 9.84 Å². The molecule has 1 atom stereocenters. The molecule has 48 heavy (non-hydrogen) atoms. The van der Waals surface area contributed by atoms with E-state index in [9.17, 15) is 9.59 Å². The molecular weight excluding hydrogens is 592 g/mol. The van der Waals surface area contributed by atoms with E-state index in [1.807, 2.05) is 0 Å². The first-order valence-corrected chi connectivity index (χ1v) is 21.0. The molecule has 0 rings (SSSR count). The van der Waals surface area contributed by atoms with Crippen molar-refractivity contribution in [2.45, 2.75) is 232 Å². The summed E-state index contributed by atoms with van der Waals surface area (Å²) in [5.74, 6) is -0.686. The Kier molecular flexibility index (Phi) is 38.1. The lowest BCUT2D eigenvalue weighted by atomic mass is 10.0. The molecule has 280 valence electrons. The van der Waals surface area contributed by atoms with Crippen LogP contribution in [0.25, 0.3) is 0 Å². The van der Waals surface area contributed by atoms with Crippen molar-refractivity contribution in [3.05, 3.63) is 36.5 Å². The van der Waals surface area contributed by atoms with E-state index in [1.165, 1.54) is 109 Å². The summed E-state index contributed by atoms with van der Waals surface area (Å²) in [4.78, 5) is 23.4. The zero-order chi connectivity index (χ0) is 35.0. The summed E-state index contributed by atoms with van der Waals surface area (Å²) in [5, 5.41) is 8.80. The van der Waals surface area contributed by atoms with Gasteiger partial charge in [0.1, 0.15) is 6.10 Å². The predicted octanol–water partition coefficient (Wildman–Crippen LogP) is 14.6. The SMILES string of the molecule is CC/C=C\C/C=C\C/C=C\CCCCCCCCCC(=O)OC(CCCCCCCCCCCCCC)CCCCCCCCC(=O)O. The second-order valence-electron chi connectivity index (χ2n) is 14.2. The van der Waals surface area contributed by atoms with Crippen LogP contribution in [0.4, 0.5) is 0 Å². The van der Waals surface area contributed by atoms with Crippen LogP contribution in [0.1, 0.15) is 226 Å². The molecule has 1 N–H and O–H groups in total. The molecule has 0 saturated carbocycles. The summed E-state index contributed by atoms with van der Waals surface area (Å²) in [5.41, 5.74) is 0. The van der Waals surface area contributed by atoms with E-state index < -0.39 is 5.97 Å². The minimum Gasteiger partial charge on any atom is -0.481 e. The first-order valence-electron chi connectivity index (χ1n) is 21.0. The Labute approximate surface area is 299 Å². The molecular formula is C44H80O4. The van der Waals surface area contributed by atoms with Crippen LogP contribution in [-0.4, -0.2) is 23.1 Å². The number of hydrogen-bond donors (Lipinski definition) is 1. The van der Waals surface area contributed by atoms with Gasteiger partial charge in [-0.25, -0.2) is 0 Å². The number of ether oxygens (including phenoxy) is 1. The largest absolute Gasteiger partial charge is 0.481 e. The van der Waals surface area contributed by atoms with Gasteiger partial charge in [-0.3, -0.25) is 9.59 Å². The second kappa shape index (κ2) is 39.6.